The Labute approximate surface area is 78.7 Å². The van der Waals surface area contributed by atoms with Crippen molar-refractivity contribution in [3.05, 3.63) is 29.3 Å². The first kappa shape index (κ1) is 8.19. The van der Waals surface area contributed by atoms with Crippen LogP contribution in [0.2, 0.25) is 0 Å². The summed E-state index contributed by atoms with van der Waals surface area (Å²) in [6.07, 6.45) is 1.72. The van der Waals surface area contributed by atoms with Crippen molar-refractivity contribution in [3.8, 4) is 0 Å². The topological polar surface area (TPSA) is 50.2 Å². The molecule has 0 amide bonds. The Balaban J connectivity index is 2.54. The van der Waals surface area contributed by atoms with Crippen LogP contribution in [0.15, 0.2) is 23.7 Å². The van der Waals surface area contributed by atoms with Crippen LogP contribution in [0.25, 0.3) is 10.2 Å². The minimum atomic E-state index is -0.805. The zero-order chi connectivity index (χ0) is 9.26. The molecule has 4 heteroatoms. The number of aromatic nitrogens is 1. The van der Waals surface area contributed by atoms with E-state index in [0.29, 0.717) is 0 Å². The van der Waals surface area contributed by atoms with Crippen LogP contribution < -0.4 is 0 Å². The van der Waals surface area contributed by atoms with E-state index in [1.54, 1.807) is 12.3 Å². The van der Waals surface area contributed by atoms with Crippen LogP contribution in [0.5, 0.6) is 0 Å². The predicted octanol–water partition coefficient (Wildman–Crippen LogP) is 1.92. The molecule has 0 aliphatic carbocycles. The van der Waals surface area contributed by atoms with Crippen molar-refractivity contribution in [2.45, 2.75) is 6.42 Å². The molecule has 0 aromatic carbocycles. The van der Waals surface area contributed by atoms with E-state index >= 15 is 0 Å². The van der Waals surface area contributed by atoms with Gasteiger partial charge in [0.05, 0.1) is 16.6 Å². The second-order valence-electron chi connectivity index (χ2n) is 2.68. The minimum Gasteiger partial charge on any atom is -0.481 e. The van der Waals surface area contributed by atoms with E-state index in [2.05, 4.69) is 4.98 Å². The van der Waals surface area contributed by atoms with Gasteiger partial charge in [-0.2, -0.15) is 0 Å². The van der Waals surface area contributed by atoms with Gasteiger partial charge < -0.3 is 5.11 Å². The fourth-order valence-electron chi connectivity index (χ4n) is 1.23. The number of nitrogens with zero attached hydrogens (tertiary/aromatic N) is 1. The predicted molar refractivity (Wildman–Crippen MR) is 51.0 cm³/mol. The maximum atomic E-state index is 10.5. The van der Waals surface area contributed by atoms with Gasteiger partial charge in [-0.25, -0.2) is 0 Å². The summed E-state index contributed by atoms with van der Waals surface area (Å²) in [7, 11) is 0. The normalized spacial score (nSPS) is 10.5. The molecule has 3 nitrogen and oxygen atoms in total. The summed E-state index contributed by atoms with van der Waals surface area (Å²) in [5.74, 6) is -0.805. The Kier molecular flexibility index (Phi) is 1.98. The monoisotopic (exact) mass is 193 g/mol. The first-order valence-electron chi connectivity index (χ1n) is 3.80. The quantitative estimate of drug-likeness (QED) is 0.792. The van der Waals surface area contributed by atoms with E-state index < -0.39 is 5.97 Å². The van der Waals surface area contributed by atoms with Gasteiger partial charge in [0.15, 0.2) is 0 Å². The molecule has 0 radical (unpaired) electrons. The Morgan fingerprint density at radius 3 is 3.15 bits per heavy atom. The van der Waals surface area contributed by atoms with Gasteiger partial charge in [-0.15, -0.1) is 11.3 Å². The van der Waals surface area contributed by atoms with Crippen LogP contribution in [0.1, 0.15) is 5.56 Å². The number of pyridine rings is 1. The highest BCUT2D eigenvalue weighted by Gasteiger charge is 2.06. The lowest BCUT2D eigenvalue weighted by Gasteiger charge is -1.97. The zero-order valence-corrected chi connectivity index (χ0v) is 7.54. The number of aliphatic carboxylic acids is 1. The number of rotatable bonds is 2. The molecule has 2 aromatic heterocycles. The average molecular weight is 193 g/mol. The molecule has 13 heavy (non-hydrogen) atoms. The van der Waals surface area contributed by atoms with Crippen molar-refractivity contribution in [3.63, 3.8) is 0 Å². The van der Waals surface area contributed by atoms with Crippen LogP contribution in [0, 0.1) is 0 Å². The maximum absolute atomic E-state index is 10.5. The number of fused-ring (bicyclic) bond motifs is 1. The van der Waals surface area contributed by atoms with Crippen molar-refractivity contribution in [1.29, 1.82) is 0 Å². The van der Waals surface area contributed by atoms with E-state index in [-0.39, 0.29) is 6.42 Å². The van der Waals surface area contributed by atoms with Gasteiger partial charge in [-0.3, -0.25) is 9.78 Å². The molecule has 0 aliphatic heterocycles. The second kappa shape index (κ2) is 3.14. The SMILES string of the molecule is O=C(O)Cc1ccnc2ccsc12. The van der Waals surface area contributed by atoms with Crippen LogP contribution in [0.4, 0.5) is 0 Å². The fraction of sp³-hybridized carbons (Fsp3) is 0.111. The Morgan fingerprint density at radius 1 is 1.54 bits per heavy atom. The maximum Gasteiger partial charge on any atom is 0.307 e. The molecule has 0 bridgehead atoms. The fourth-order valence-corrected chi connectivity index (χ4v) is 2.10. The molecular formula is C9H7NO2S. The van der Waals surface area contributed by atoms with E-state index in [9.17, 15) is 4.79 Å². The first-order valence-corrected chi connectivity index (χ1v) is 4.68. The number of carboxylic acid groups (broad SMARTS) is 1. The van der Waals surface area contributed by atoms with E-state index in [1.165, 1.54) is 11.3 Å². The summed E-state index contributed by atoms with van der Waals surface area (Å²) in [5.41, 5.74) is 1.72. The lowest BCUT2D eigenvalue weighted by atomic mass is 10.2. The molecule has 0 unspecified atom stereocenters. The molecule has 2 aromatic rings. The number of carbonyl (C=O) groups is 1. The third-order valence-corrected chi connectivity index (χ3v) is 2.75. The van der Waals surface area contributed by atoms with Crippen molar-refractivity contribution < 1.29 is 9.90 Å². The van der Waals surface area contributed by atoms with Gasteiger partial charge in [0.1, 0.15) is 0 Å². The largest absolute Gasteiger partial charge is 0.481 e. The Hall–Kier alpha value is -1.42. The number of hydrogen-bond donors (Lipinski definition) is 1. The number of hydrogen-bond acceptors (Lipinski definition) is 3. The smallest absolute Gasteiger partial charge is 0.307 e. The van der Waals surface area contributed by atoms with Crippen molar-refractivity contribution >= 4 is 27.5 Å². The number of carboxylic acids is 1. The zero-order valence-electron chi connectivity index (χ0n) is 6.73. The third kappa shape index (κ3) is 1.53. The van der Waals surface area contributed by atoms with Gasteiger partial charge in [0.2, 0.25) is 0 Å². The Bertz CT molecular complexity index is 450. The summed E-state index contributed by atoms with van der Waals surface area (Å²) in [4.78, 5) is 14.6. The lowest BCUT2D eigenvalue weighted by molar-refractivity contribution is -0.136. The van der Waals surface area contributed by atoms with E-state index in [4.69, 9.17) is 5.11 Å². The highest BCUT2D eigenvalue weighted by atomic mass is 32.1. The molecule has 1 N–H and O–H groups in total. The first-order chi connectivity index (χ1) is 6.27. The average Bonchev–Trinajstić information content (AvgIpc) is 2.51. The molecule has 0 fully saturated rings. The van der Waals surface area contributed by atoms with Gasteiger partial charge >= 0.3 is 5.97 Å². The van der Waals surface area contributed by atoms with E-state index in [0.717, 1.165) is 15.8 Å². The van der Waals surface area contributed by atoms with Crippen molar-refractivity contribution in [2.75, 3.05) is 0 Å². The molecule has 0 saturated carbocycles. The third-order valence-electron chi connectivity index (χ3n) is 1.77. The van der Waals surface area contributed by atoms with Crippen LogP contribution in [-0.4, -0.2) is 16.1 Å². The molecule has 0 aliphatic rings. The lowest BCUT2D eigenvalue weighted by Crippen LogP contribution is -1.99. The summed E-state index contributed by atoms with van der Waals surface area (Å²) >= 11 is 1.53. The summed E-state index contributed by atoms with van der Waals surface area (Å²) in [6.45, 7) is 0. The van der Waals surface area contributed by atoms with Gasteiger partial charge in [0.25, 0.3) is 0 Å². The van der Waals surface area contributed by atoms with Crippen molar-refractivity contribution in [2.24, 2.45) is 0 Å². The molecule has 0 saturated heterocycles. The van der Waals surface area contributed by atoms with Crippen LogP contribution in [0.3, 0.4) is 0 Å². The van der Waals surface area contributed by atoms with Crippen LogP contribution in [-0.2, 0) is 11.2 Å². The summed E-state index contributed by atoms with van der Waals surface area (Å²) in [6, 6.07) is 3.65. The van der Waals surface area contributed by atoms with Crippen LogP contribution >= 0.6 is 11.3 Å². The number of thiophene rings is 1. The van der Waals surface area contributed by atoms with Gasteiger partial charge in [-0.05, 0) is 23.1 Å². The molecule has 66 valence electrons. The minimum absolute atomic E-state index is 0.0690. The molecular weight excluding hydrogens is 186 g/mol. The highest BCUT2D eigenvalue weighted by molar-refractivity contribution is 7.17. The Morgan fingerprint density at radius 2 is 2.38 bits per heavy atom. The molecule has 2 heterocycles. The molecule has 0 spiro atoms. The van der Waals surface area contributed by atoms with Crippen molar-refractivity contribution in [1.82, 2.24) is 4.98 Å². The summed E-state index contributed by atoms with van der Waals surface area (Å²) in [5, 5.41) is 10.6. The molecule has 0 atom stereocenters. The van der Waals surface area contributed by atoms with Gasteiger partial charge in [0, 0.05) is 6.20 Å². The van der Waals surface area contributed by atoms with Gasteiger partial charge in [-0.1, -0.05) is 0 Å². The highest BCUT2D eigenvalue weighted by Crippen LogP contribution is 2.22. The standard InChI is InChI=1S/C9H7NO2S/c11-8(12)5-6-1-3-10-7-2-4-13-9(6)7/h1-4H,5H2,(H,11,12). The van der Waals surface area contributed by atoms with E-state index in [1.807, 2.05) is 11.4 Å². The molecule has 2 rings (SSSR count). The summed E-state index contributed by atoms with van der Waals surface area (Å²) < 4.78 is 0.977. The second-order valence-corrected chi connectivity index (χ2v) is 3.59.